The van der Waals surface area contributed by atoms with Crippen molar-refractivity contribution in [2.24, 2.45) is 11.1 Å². The van der Waals surface area contributed by atoms with Gasteiger partial charge < -0.3 is 15.5 Å². The van der Waals surface area contributed by atoms with E-state index in [9.17, 15) is 4.79 Å². The van der Waals surface area contributed by atoms with Crippen molar-refractivity contribution < 1.29 is 9.21 Å². The van der Waals surface area contributed by atoms with Crippen molar-refractivity contribution in [2.75, 3.05) is 13.1 Å². The number of oxazole rings is 1. The third kappa shape index (κ3) is 3.51. The lowest BCUT2D eigenvalue weighted by Crippen LogP contribution is -2.44. The summed E-state index contributed by atoms with van der Waals surface area (Å²) in [7, 11) is 0. The summed E-state index contributed by atoms with van der Waals surface area (Å²) in [5.41, 5.74) is 8.28. The van der Waals surface area contributed by atoms with E-state index in [0.29, 0.717) is 25.4 Å². The number of hydrogen-bond acceptors (Lipinski definition) is 4. The third-order valence-corrected chi connectivity index (χ3v) is 4.72. The van der Waals surface area contributed by atoms with Crippen LogP contribution in [0.4, 0.5) is 0 Å². The summed E-state index contributed by atoms with van der Waals surface area (Å²) in [4.78, 5) is 16.9. The zero-order chi connectivity index (χ0) is 15.6. The highest BCUT2D eigenvalue weighted by molar-refractivity contribution is 5.85. The highest BCUT2D eigenvalue weighted by Crippen LogP contribution is 2.37. The van der Waals surface area contributed by atoms with Crippen LogP contribution in [0.2, 0.25) is 0 Å². The number of carbonyl (C=O) groups is 1. The first-order valence-corrected chi connectivity index (χ1v) is 7.98. The number of para-hydroxylation sites is 1. The molecule has 1 aromatic heterocycles. The number of nitrogens with zero attached hydrogens (tertiary/aromatic N) is 1. The van der Waals surface area contributed by atoms with Crippen LogP contribution in [0.25, 0.3) is 11.1 Å². The van der Waals surface area contributed by atoms with Gasteiger partial charge >= 0.3 is 0 Å². The highest BCUT2D eigenvalue weighted by Gasteiger charge is 2.39. The minimum absolute atomic E-state index is 0. The monoisotopic (exact) mass is 337 g/mol. The first kappa shape index (κ1) is 17.8. The fourth-order valence-electron chi connectivity index (χ4n) is 3.29. The second-order valence-corrected chi connectivity index (χ2v) is 6.23. The van der Waals surface area contributed by atoms with Crippen molar-refractivity contribution in [3.8, 4) is 0 Å². The van der Waals surface area contributed by atoms with Crippen LogP contribution >= 0.6 is 12.4 Å². The van der Waals surface area contributed by atoms with E-state index in [-0.39, 0.29) is 23.7 Å². The first-order chi connectivity index (χ1) is 10.6. The maximum Gasteiger partial charge on any atom is 0.227 e. The largest absolute Gasteiger partial charge is 0.441 e. The van der Waals surface area contributed by atoms with Crippen LogP contribution in [0.5, 0.6) is 0 Å². The molecular formula is C17H24ClN3O2. The smallest absolute Gasteiger partial charge is 0.227 e. The molecule has 0 saturated heterocycles. The van der Waals surface area contributed by atoms with Gasteiger partial charge in [-0.2, -0.15) is 0 Å². The first-order valence-electron chi connectivity index (χ1n) is 7.98. The van der Waals surface area contributed by atoms with E-state index in [2.05, 4.69) is 10.3 Å². The lowest BCUT2D eigenvalue weighted by atomic mass is 9.85. The molecule has 0 spiro atoms. The van der Waals surface area contributed by atoms with E-state index in [1.54, 1.807) is 0 Å². The van der Waals surface area contributed by atoms with Crippen LogP contribution < -0.4 is 11.1 Å². The standard InChI is InChI=1S/C17H23N3O2.ClH/c1-12-5-4-6-13-15(12)20-14(22-13)7-10-19-16(21)17(11-18)8-2-3-9-17;/h4-6H,2-3,7-11,18H2,1H3,(H,19,21);1H. The van der Waals surface area contributed by atoms with Gasteiger partial charge in [-0.25, -0.2) is 4.98 Å². The van der Waals surface area contributed by atoms with Gasteiger partial charge in [0.15, 0.2) is 11.5 Å². The molecule has 126 valence electrons. The zero-order valence-corrected chi connectivity index (χ0v) is 14.2. The Labute approximate surface area is 142 Å². The van der Waals surface area contributed by atoms with Gasteiger partial charge in [-0.1, -0.05) is 25.0 Å². The van der Waals surface area contributed by atoms with Crippen molar-refractivity contribution in [1.29, 1.82) is 0 Å². The van der Waals surface area contributed by atoms with Gasteiger partial charge in [0.05, 0.1) is 5.41 Å². The molecule has 3 rings (SSSR count). The second kappa shape index (κ2) is 7.32. The number of aryl methyl sites for hydroxylation is 1. The van der Waals surface area contributed by atoms with Crippen LogP contribution in [0.15, 0.2) is 22.6 Å². The fourth-order valence-corrected chi connectivity index (χ4v) is 3.29. The van der Waals surface area contributed by atoms with Crippen molar-refractivity contribution in [3.63, 3.8) is 0 Å². The molecule has 1 heterocycles. The fraction of sp³-hybridized carbons (Fsp3) is 0.529. The van der Waals surface area contributed by atoms with Crippen molar-refractivity contribution in [3.05, 3.63) is 29.7 Å². The number of amides is 1. The Kier molecular flexibility index (Phi) is 5.65. The van der Waals surface area contributed by atoms with Crippen LogP contribution in [0, 0.1) is 12.3 Å². The molecule has 0 unspecified atom stereocenters. The molecule has 1 fully saturated rings. The molecule has 0 atom stereocenters. The maximum atomic E-state index is 12.4. The van der Waals surface area contributed by atoms with Gasteiger partial charge in [0.1, 0.15) is 5.52 Å². The van der Waals surface area contributed by atoms with Gasteiger partial charge in [-0.3, -0.25) is 4.79 Å². The molecule has 0 aliphatic heterocycles. The summed E-state index contributed by atoms with van der Waals surface area (Å²) < 4.78 is 5.72. The number of rotatable bonds is 5. The Morgan fingerprint density at radius 2 is 2.13 bits per heavy atom. The molecule has 6 heteroatoms. The molecule has 3 N–H and O–H groups in total. The molecule has 5 nitrogen and oxygen atoms in total. The number of nitrogens with one attached hydrogen (secondary N) is 1. The number of aromatic nitrogens is 1. The lowest BCUT2D eigenvalue weighted by Gasteiger charge is -2.25. The van der Waals surface area contributed by atoms with Gasteiger partial charge in [0.25, 0.3) is 0 Å². The summed E-state index contributed by atoms with van der Waals surface area (Å²) in [5, 5.41) is 3.00. The Bertz CT molecular complexity index is 678. The average Bonchev–Trinajstić information content (AvgIpc) is 3.14. The van der Waals surface area contributed by atoms with E-state index >= 15 is 0 Å². The summed E-state index contributed by atoms with van der Waals surface area (Å²) >= 11 is 0. The number of hydrogen-bond donors (Lipinski definition) is 2. The number of fused-ring (bicyclic) bond motifs is 1. The Morgan fingerprint density at radius 3 is 2.78 bits per heavy atom. The van der Waals surface area contributed by atoms with Crippen molar-refractivity contribution in [1.82, 2.24) is 10.3 Å². The third-order valence-electron chi connectivity index (χ3n) is 4.72. The summed E-state index contributed by atoms with van der Waals surface area (Å²) in [5.74, 6) is 0.748. The van der Waals surface area contributed by atoms with E-state index < -0.39 is 0 Å². The molecule has 0 bridgehead atoms. The molecule has 2 aromatic rings. The minimum atomic E-state index is -0.349. The second-order valence-electron chi connectivity index (χ2n) is 6.23. The molecule has 0 radical (unpaired) electrons. The molecule has 1 aliphatic rings. The predicted molar refractivity (Wildman–Crippen MR) is 92.7 cm³/mol. The highest BCUT2D eigenvalue weighted by atomic mass is 35.5. The average molecular weight is 338 g/mol. The summed E-state index contributed by atoms with van der Waals surface area (Å²) in [6, 6.07) is 5.89. The van der Waals surface area contributed by atoms with E-state index in [1.807, 2.05) is 25.1 Å². The normalized spacial score (nSPS) is 16.3. The van der Waals surface area contributed by atoms with Crippen LogP contribution in [0.1, 0.15) is 37.1 Å². The van der Waals surface area contributed by atoms with E-state index in [4.69, 9.17) is 10.2 Å². The number of carbonyl (C=O) groups excluding carboxylic acids is 1. The van der Waals surface area contributed by atoms with Crippen molar-refractivity contribution in [2.45, 2.75) is 39.0 Å². The van der Waals surface area contributed by atoms with Crippen LogP contribution in [-0.2, 0) is 11.2 Å². The Hall–Kier alpha value is -1.59. The summed E-state index contributed by atoms with van der Waals surface area (Å²) in [6.45, 7) is 2.98. The van der Waals surface area contributed by atoms with E-state index in [0.717, 1.165) is 42.3 Å². The van der Waals surface area contributed by atoms with E-state index in [1.165, 1.54) is 0 Å². The molecule has 1 saturated carbocycles. The molecule has 1 aliphatic carbocycles. The Balaban J connectivity index is 0.00000192. The predicted octanol–water partition coefficient (Wildman–Crippen LogP) is 2.74. The maximum absolute atomic E-state index is 12.4. The van der Waals surface area contributed by atoms with Gasteiger partial charge in [-0.15, -0.1) is 12.4 Å². The van der Waals surface area contributed by atoms with Crippen molar-refractivity contribution >= 4 is 29.4 Å². The number of benzene rings is 1. The van der Waals surface area contributed by atoms with Gasteiger partial charge in [-0.05, 0) is 31.4 Å². The summed E-state index contributed by atoms with van der Waals surface area (Å²) in [6.07, 6.45) is 4.58. The molecule has 23 heavy (non-hydrogen) atoms. The molecular weight excluding hydrogens is 314 g/mol. The quantitative estimate of drug-likeness (QED) is 0.879. The van der Waals surface area contributed by atoms with Gasteiger partial charge in [0, 0.05) is 19.5 Å². The topological polar surface area (TPSA) is 81.2 Å². The lowest BCUT2D eigenvalue weighted by molar-refractivity contribution is -0.130. The number of halogens is 1. The Morgan fingerprint density at radius 1 is 1.39 bits per heavy atom. The minimum Gasteiger partial charge on any atom is -0.441 e. The van der Waals surface area contributed by atoms with Crippen LogP contribution in [-0.4, -0.2) is 24.0 Å². The molecule has 1 aromatic carbocycles. The molecule has 1 amide bonds. The SMILES string of the molecule is Cc1cccc2oc(CCNC(=O)C3(CN)CCCC3)nc12.Cl. The zero-order valence-electron chi connectivity index (χ0n) is 13.4. The van der Waals surface area contributed by atoms with Gasteiger partial charge in [0.2, 0.25) is 5.91 Å². The number of nitrogens with two attached hydrogens (primary N) is 1. The van der Waals surface area contributed by atoms with Crippen LogP contribution in [0.3, 0.4) is 0 Å².